The Balaban J connectivity index is 1.28. The van der Waals surface area contributed by atoms with Crippen molar-refractivity contribution < 1.29 is 29.3 Å². The second-order valence-electron chi connectivity index (χ2n) is 11.3. The number of thioether (sulfide) groups is 1. The number of amides is 1. The van der Waals surface area contributed by atoms with Gasteiger partial charge in [-0.15, -0.1) is 11.8 Å². The van der Waals surface area contributed by atoms with Crippen molar-refractivity contribution >= 4 is 23.6 Å². The van der Waals surface area contributed by atoms with Gasteiger partial charge < -0.3 is 25.0 Å². The monoisotopic (exact) mass is 625 g/mol. The predicted octanol–water partition coefficient (Wildman–Crippen LogP) is 7.30. The van der Waals surface area contributed by atoms with Crippen LogP contribution in [0.25, 0.3) is 11.1 Å². The molecule has 5 rings (SSSR count). The minimum Gasteiger partial charge on any atom is -0.481 e. The standard InChI is InChI=1S/C37H39NO6S/c1-25-33(24-45-32-9-3-2-4-10-32)43-37(44-36(25)29-15-13-26(23-39)14-16-29)30-19-17-28(18-20-30)31-8-5-7-27(21-31)22-38-34(40)11-6-12-35(41)42/h2-5,7-10,13-21,25,33,36-37,39H,6,11-12,22-24H2,1H3,(H,38,40)(H,41,42)/t25-,33+,36+,37+/m1/s1. The Hall–Kier alpha value is -3.95. The van der Waals surface area contributed by atoms with Crippen LogP contribution in [-0.4, -0.2) is 33.9 Å². The lowest BCUT2D eigenvalue weighted by Gasteiger charge is -2.41. The summed E-state index contributed by atoms with van der Waals surface area (Å²) in [6.45, 7) is 2.55. The van der Waals surface area contributed by atoms with Crippen LogP contribution in [0.4, 0.5) is 0 Å². The van der Waals surface area contributed by atoms with E-state index in [1.54, 1.807) is 11.8 Å². The molecule has 4 aromatic rings. The van der Waals surface area contributed by atoms with Crippen molar-refractivity contribution in [2.75, 3.05) is 5.75 Å². The lowest BCUT2D eigenvalue weighted by molar-refractivity contribution is -0.268. The van der Waals surface area contributed by atoms with Crippen LogP contribution in [0.1, 0.15) is 60.8 Å². The summed E-state index contributed by atoms with van der Waals surface area (Å²) in [5.41, 5.74) is 5.88. The molecule has 1 aliphatic rings. The van der Waals surface area contributed by atoms with E-state index in [1.807, 2.05) is 78.9 Å². The van der Waals surface area contributed by atoms with Crippen molar-refractivity contribution in [2.45, 2.75) is 62.7 Å². The van der Waals surface area contributed by atoms with Crippen molar-refractivity contribution in [3.05, 3.63) is 125 Å². The molecule has 1 heterocycles. The molecule has 1 fully saturated rings. The van der Waals surface area contributed by atoms with Gasteiger partial charge in [0.1, 0.15) is 0 Å². The number of ether oxygens (including phenoxy) is 2. The van der Waals surface area contributed by atoms with Crippen LogP contribution >= 0.6 is 11.8 Å². The van der Waals surface area contributed by atoms with Crippen LogP contribution < -0.4 is 5.32 Å². The number of rotatable bonds is 13. The zero-order valence-corrected chi connectivity index (χ0v) is 26.1. The van der Waals surface area contributed by atoms with Gasteiger partial charge in [0.15, 0.2) is 6.29 Å². The fourth-order valence-electron chi connectivity index (χ4n) is 5.39. The lowest BCUT2D eigenvalue weighted by Crippen LogP contribution is -2.38. The van der Waals surface area contributed by atoms with E-state index in [0.717, 1.165) is 39.1 Å². The van der Waals surface area contributed by atoms with Gasteiger partial charge in [0.2, 0.25) is 5.91 Å². The number of hydrogen-bond acceptors (Lipinski definition) is 6. The zero-order chi connectivity index (χ0) is 31.6. The minimum atomic E-state index is -0.895. The van der Waals surface area contributed by atoms with Gasteiger partial charge in [-0.2, -0.15) is 0 Å². The molecule has 1 amide bonds. The fourth-order valence-corrected chi connectivity index (χ4v) is 6.48. The third kappa shape index (κ3) is 9.05. The van der Waals surface area contributed by atoms with Crippen molar-refractivity contribution in [3.63, 3.8) is 0 Å². The zero-order valence-electron chi connectivity index (χ0n) is 25.3. The van der Waals surface area contributed by atoms with Crippen LogP contribution in [0, 0.1) is 5.92 Å². The van der Waals surface area contributed by atoms with Crippen LogP contribution in [0.2, 0.25) is 0 Å². The summed E-state index contributed by atoms with van der Waals surface area (Å²) in [4.78, 5) is 24.0. The topological polar surface area (TPSA) is 105 Å². The molecular formula is C37H39NO6S. The number of carboxylic acids is 1. The Labute approximate surface area is 268 Å². The second kappa shape index (κ2) is 15.9. The summed E-state index contributed by atoms with van der Waals surface area (Å²) in [5.74, 6) is -0.155. The number of aliphatic carboxylic acids is 1. The Morgan fingerprint density at radius 2 is 1.53 bits per heavy atom. The Kier molecular flexibility index (Phi) is 11.4. The first kappa shape index (κ1) is 32.4. The molecule has 1 saturated heterocycles. The molecule has 0 aliphatic carbocycles. The normalized spacial score (nSPS) is 19.6. The highest BCUT2D eigenvalue weighted by Crippen LogP contribution is 2.43. The molecule has 0 spiro atoms. The smallest absolute Gasteiger partial charge is 0.303 e. The van der Waals surface area contributed by atoms with E-state index < -0.39 is 12.3 Å². The van der Waals surface area contributed by atoms with E-state index in [1.165, 1.54) is 4.90 Å². The van der Waals surface area contributed by atoms with Crippen LogP contribution in [0.3, 0.4) is 0 Å². The van der Waals surface area contributed by atoms with E-state index in [4.69, 9.17) is 14.6 Å². The van der Waals surface area contributed by atoms with Gasteiger partial charge in [-0.1, -0.05) is 91.9 Å². The number of hydrogen-bond donors (Lipinski definition) is 3. The molecule has 4 atom stereocenters. The minimum absolute atomic E-state index is 0.00191. The summed E-state index contributed by atoms with van der Waals surface area (Å²) in [7, 11) is 0. The number of carbonyl (C=O) groups excluding carboxylic acids is 1. The SMILES string of the molecule is C[C@@H]1[C@H](CSc2ccccc2)O[C@H](c2ccc(-c3cccc(CNC(=O)CCCC(=O)O)c3)cc2)O[C@@H]1c1ccc(CO)cc1. The Bertz CT molecular complexity index is 1540. The molecule has 234 valence electrons. The third-order valence-corrected chi connectivity index (χ3v) is 9.11. The Morgan fingerprint density at radius 3 is 2.24 bits per heavy atom. The maximum atomic E-state index is 12.1. The van der Waals surface area contributed by atoms with Crippen molar-refractivity contribution in [1.82, 2.24) is 5.32 Å². The van der Waals surface area contributed by atoms with Crippen LogP contribution in [0.15, 0.2) is 108 Å². The quantitative estimate of drug-likeness (QED) is 0.134. The summed E-state index contributed by atoms with van der Waals surface area (Å²) < 4.78 is 13.2. The molecular weight excluding hydrogens is 586 g/mol. The highest BCUT2D eigenvalue weighted by molar-refractivity contribution is 7.99. The number of aliphatic hydroxyl groups is 1. The molecule has 45 heavy (non-hydrogen) atoms. The third-order valence-electron chi connectivity index (χ3n) is 8.01. The predicted molar refractivity (Wildman–Crippen MR) is 175 cm³/mol. The molecule has 0 aromatic heterocycles. The van der Waals surface area contributed by atoms with E-state index in [0.29, 0.717) is 13.0 Å². The van der Waals surface area contributed by atoms with Gasteiger partial charge in [0, 0.05) is 41.5 Å². The summed E-state index contributed by atoms with van der Waals surface area (Å²) in [5, 5.41) is 21.2. The van der Waals surface area contributed by atoms with Gasteiger partial charge >= 0.3 is 5.97 Å². The van der Waals surface area contributed by atoms with Gasteiger partial charge in [-0.3, -0.25) is 9.59 Å². The summed E-state index contributed by atoms with van der Waals surface area (Å²) in [6.07, 6.45) is -0.259. The van der Waals surface area contributed by atoms with Gasteiger partial charge in [0.25, 0.3) is 0 Å². The van der Waals surface area contributed by atoms with Crippen molar-refractivity contribution in [2.24, 2.45) is 5.92 Å². The van der Waals surface area contributed by atoms with Gasteiger partial charge in [0.05, 0.1) is 18.8 Å². The highest BCUT2D eigenvalue weighted by Gasteiger charge is 2.38. The maximum absolute atomic E-state index is 12.1. The molecule has 0 radical (unpaired) electrons. The van der Waals surface area contributed by atoms with Crippen LogP contribution in [0.5, 0.6) is 0 Å². The number of carboxylic acid groups (broad SMARTS) is 1. The summed E-state index contributed by atoms with van der Waals surface area (Å²) in [6, 6.07) is 34.5. The van der Waals surface area contributed by atoms with E-state index in [9.17, 15) is 14.7 Å². The Morgan fingerprint density at radius 1 is 0.800 bits per heavy atom. The van der Waals surface area contributed by atoms with Crippen LogP contribution in [-0.2, 0) is 32.2 Å². The van der Waals surface area contributed by atoms with Crippen molar-refractivity contribution in [1.29, 1.82) is 0 Å². The average molecular weight is 626 g/mol. The molecule has 0 unspecified atom stereocenters. The molecule has 0 saturated carbocycles. The van der Waals surface area contributed by atoms with Crippen molar-refractivity contribution in [3.8, 4) is 11.1 Å². The van der Waals surface area contributed by atoms with E-state index in [-0.39, 0.29) is 43.5 Å². The first-order chi connectivity index (χ1) is 21.9. The first-order valence-electron chi connectivity index (χ1n) is 15.3. The molecule has 8 heteroatoms. The van der Waals surface area contributed by atoms with Gasteiger partial charge in [-0.25, -0.2) is 0 Å². The largest absolute Gasteiger partial charge is 0.481 e. The van der Waals surface area contributed by atoms with Gasteiger partial charge in [-0.05, 0) is 52.4 Å². The molecule has 4 aromatic carbocycles. The fraction of sp³-hybridized carbons (Fsp3) is 0.297. The number of benzene rings is 4. The number of nitrogens with one attached hydrogen (secondary N) is 1. The maximum Gasteiger partial charge on any atom is 0.303 e. The van der Waals surface area contributed by atoms with E-state index >= 15 is 0 Å². The molecule has 3 N–H and O–H groups in total. The molecule has 0 bridgehead atoms. The highest BCUT2D eigenvalue weighted by atomic mass is 32.2. The average Bonchev–Trinajstić information content (AvgIpc) is 3.07. The lowest BCUT2D eigenvalue weighted by atomic mass is 9.91. The first-order valence-corrected chi connectivity index (χ1v) is 16.2. The molecule has 1 aliphatic heterocycles. The molecule has 7 nitrogen and oxygen atoms in total. The van der Waals surface area contributed by atoms with E-state index in [2.05, 4.69) is 36.5 Å². The second-order valence-corrected chi connectivity index (χ2v) is 12.4. The number of aliphatic hydroxyl groups excluding tert-OH is 1. The number of carbonyl (C=O) groups is 2. The summed E-state index contributed by atoms with van der Waals surface area (Å²) >= 11 is 1.78.